The van der Waals surface area contributed by atoms with Crippen molar-refractivity contribution < 1.29 is 28.8 Å². The number of amides is 1. The average Bonchev–Trinajstić information content (AvgIpc) is 2.57. The van der Waals surface area contributed by atoms with E-state index in [0.29, 0.717) is 0 Å². The van der Waals surface area contributed by atoms with Crippen molar-refractivity contribution in [2.24, 2.45) is 0 Å². The van der Waals surface area contributed by atoms with Crippen molar-refractivity contribution in [2.75, 3.05) is 13.7 Å². The van der Waals surface area contributed by atoms with Crippen LogP contribution >= 0.6 is 0 Å². The molecule has 3 unspecified atom stereocenters. The molecule has 0 aliphatic carbocycles. The van der Waals surface area contributed by atoms with Gasteiger partial charge >= 0.3 is 0 Å². The first-order valence-electron chi connectivity index (χ1n) is 7.55. The Labute approximate surface area is 134 Å². The minimum absolute atomic E-state index is 0.272. The zero-order valence-corrected chi connectivity index (χ0v) is 13.0. The Morgan fingerprint density at radius 3 is 2.70 bits per heavy atom. The lowest BCUT2D eigenvalue weighted by molar-refractivity contribution is -0.341. The Morgan fingerprint density at radius 1 is 1.30 bits per heavy atom. The summed E-state index contributed by atoms with van der Waals surface area (Å²) in [7, 11) is 1.46. The number of rotatable bonds is 3. The van der Waals surface area contributed by atoms with Crippen molar-refractivity contribution in [3.63, 3.8) is 0 Å². The third-order valence-electron chi connectivity index (χ3n) is 4.04. The predicted octanol–water partition coefficient (Wildman–Crippen LogP) is 0.337. The molecule has 0 spiro atoms. The van der Waals surface area contributed by atoms with Gasteiger partial charge in [-0.3, -0.25) is 4.79 Å². The number of hydrogen-bond acceptors (Lipinski definition) is 6. The van der Waals surface area contributed by atoms with E-state index in [1.807, 2.05) is 30.3 Å². The Balaban J connectivity index is 1.76. The van der Waals surface area contributed by atoms with Crippen LogP contribution in [0, 0.1) is 0 Å². The fraction of sp³-hybridized carbons (Fsp3) is 0.562. The van der Waals surface area contributed by atoms with Crippen LogP contribution < -0.4 is 5.32 Å². The van der Waals surface area contributed by atoms with Crippen LogP contribution in [-0.4, -0.2) is 55.4 Å². The normalized spacial score (nSPS) is 37.0. The van der Waals surface area contributed by atoms with Crippen molar-refractivity contribution in [3.05, 3.63) is 35.9 Å². The summed E-state index contributed by atoms with van der Waals surface area (Å²) in [6.45, 7) is 1.65. The van der Waals surface area contributed by atoms with Gasteiger partial charge in [-0.05, 0) is 0 Å². The summed E-state index contributed by atoms with van der Waals surface area (Å²) in [5.74, 6) is -0.273. The number of ether oxygens (including phenoxy) is 4. The molecule has 0 radical (unpaired) electrons. The summed E-state index contributed by atoms with van der Waals surface area (Å²) in [6, 6.07) is 8.78. The molecule has 1 aromatic carbocycles. The molecule has 2 N–H and O–H groups in total. The maximum Gasteiger partial charge on any atom is 0.217 e. The first-order valence-corrected chi connectivity index (χ1v) is 7.55. The Bertz CT molecular complexity index is 539. The molecule has 126 valence electrons. The Morgan fingerprint density at radius 2 is 2.04 bits per heavy atom. The molecule has 2 heterocycles. The van der Waals surface area contributed by atoms with Crippen LogP contribution in [0.15, 0.2) is 30.3 Å². The molecule has 23 heavy (non-hydrogen) atoms. The van der Waals surface area contributed by atoms with Crippen molar-refractivity contribution in [1.82, 2.24) is 5.32 Å². The van der Waals surface area contributed by atoms with E-state index in [-0.39, 0.29) is 12.5 Å². The molecule has 7 heteroatoms. The first kappa shape index (κ1) is 16.4. The molecular formula is C16H21NO6. The number of aliphatic hydroxyl groups is 1. The molecule has 2 aliphatic heterocycles. The fourth-order valence-corrected chi connectivity index (χ4v) is 2.96. The lowest BCUT2D eigenvalue weighted by atomic mass is 9.95. The number of benzene rings is 1. The number of fused-ring (bicyclic) bond motifs is 1. The number of aliphatic hydroxyl groups excluding tert-OH is 1. The number of methoxy groups -OCH3 is 1. The molecule has 0 saturated carbocycles. The van der Waals surface area contributed by atoms with Gasteiger partial charge < -0.3 is 29.4 Å². The summed E-state index contributed by atoms with van der Waals surface area (Å²) in [5.41, 5.74) is 0.864. The van der Waals surface area contributed by atoms with Gasteiger partial charge in [-0.25, -0.2) is 0 Å². The monoisotopic (exact) mass is 323 g/mol. The minimum Gasteiger partial charge on any atom is -0.388 e. The zero-order valence-electron chi connectivity index (χ0n) is 13.0. The van der Waals surface area contributed by atoms with Crippen LogP contribution in [0.25, 0.3) is 0 Å². The van der Waals surface area contributed by atoms with Gasteiger partial charge in [-0.1, -0.05) is 30.3 Å². The highest BCUT2D eigenvalue weighted by Gasteiger charge is 2.49. The Kier molecular flexibility index (Phi) is 4.93. The third-order valence-corrected chi connectivity index (χ3v) is 4.04. The standard InChI is InChI=1S/C16H21NO6/c1-9(18)17-12-13(19)14-11(22-16(12)20-2)8-21-15(23-14)10-6-4-3-5-7-10/h3-7,11-16,19H,8H2,1-2H3,(H,17,18)/t11?,12-,13?,14+,15?,16+/m0/s1. The smallest absolute Gasteiger partial charge is 0.217 e. The zero-order chi connectivity index (χ0) is 16.4. The highest BCUT2D eigenvalue weighted by atomic mass is 16.7. The maximum atomic E-state index is 11.4. The summed E-state index contributed by atoms with van der Waals surface area (Å²) in [5, 5.41) is 13.3. The van der Waals surface area contributed by atoms with Gasteiger partial charge in [0.2, 0.25) is 5.91 Å². The van der Waals surface area contributed by atoms with E-state index in [1.54, 1.807) is 0 Å². The van der Waals surface area contributed by atoms with Gasteiger partial charge in [-0.15, -0.1) is 0 Å². The number of hydrogen-bond donors (Lipinski definition) is 2. The van der Waals surface area contributed by atoms with Crippen LogP contribution in [0.3, 0.4) is 0 Å². The number of nitrogens with one attached hydrogen (secondary N) is 1. The summed E-state index contributed by atoms with van der Waals surface area (Å²) >= 11 is 0. The second-order valence-electron chi connectivity index (χ2n) is 5.67. The van der Waals surface area contributed by atoms with E-state index in [9.17, 15) is 9.90 Å². The van der Waals surface area contributed by atoms with Gasteiger partial charge in [0.15, 0.2) is 12.6 Å². The van der Waals surface area contributed by atoms with Gasteiger partial charge in [0.25, 0.3) is 0 Å². The molecule has 3 rings (SSSR count). The average molecular weight is 323 g/mol. The summed E-state index contributed by atoms with van der Waals surface area (Å²) < 4.78 is 22.6. The molecule has 1 aromatic rings. The van der Waals surface area contributed by atoms with Crippen LogP contribution in [0.2, 0.25) is 0 Å². The minimum atomic E-state index is -0.960. The topological polar surface area (TPSA) is 86.2 Å². The Hall–Kier alpha value is -1.51. The molecule has 6 atom stereocenters. The molecule has 1 amide bonds. The van der Waals surface area contributed by atoms with Crippen LogP contribution in [0.1, 0.15) is 18.8 Å². The summed E-state index contributed by atoms with van der Waals surface area (Å²) in [6.07, 6.45) is -3.36. The van der Waals surface area contributed by atoms with Gasteiger partial charge in [-0.2, -0.15) is 0 Å². The van der Waals surface area contributed by atoms with E-state index in [2.05, 4.69) is 5.32 Å². The quantitative estimate of drug-likeness (QED) is 0.834. The van der Waals surface area contributed by atoms with E-state index < -0.39 is 36.9 Å². The highest BCUT2D eigenvalue weighted by Crippen LogP contribution is 2.34. The van der Waals surface area contributed by atoms with Crippen molar-refractivity contribution >= 4 is 5.91 Å². The maximum absolute atomic E-state index is 11.4. The van der Waals surface area contributed by atoms with Crippen molar-refractivity contribution in [1.29, 1.82) is 0 Å². The van der Waals surface area contributed by atoms with Gasteiger partial charge in [0.1, 0.15) is 24.4 Å². The van der Waals surface area contributed by atoms with Crippen molar-refractivity contribution in [2.45, 2.75) is 43.9 Å². The SMILES string of the molecule is CO[C@@H]1OC2COC(c3ccccc3)O[C@H]2C(O)[C@@H]1NC(C)=O. The van der Waals surface area contributed by atoms with E-state index in [0.717, 1.165) is 5.56 Å². The molecule has 2 aliphatic rings. The lowest BCUT2D eigenvalue weighted by Gasteiger charge is -2.47. The third kappa shape index (κ3) is 3.39. The molecular weight excluding hydrogens is 302 g/mol. The number of carbonyl (C=O) groups excluding carboxylic acids is 1. The highest BCUT2D eigenvalue weighted by molar-refractivity contribution is 5.73. The van der Waals surface area contributed by atoms with Gasteiger partial charge in [0, 0.05) is 19.6 Å². The van der Waals surface area contributed by atoms with E-state index >= 15 is 0 Å². The fourth-order valence-electron chi connectivity index (χ4n) is 2.96. The van der Waals surface area contributed by atoms with Crippen molar-refractivity contribution in [3.8, 4) is 0 Å². The first-order chi connectivity index (χ1) is 11.1. The van der Waals surface area contributed by atoms with Crippen LogP contribution in [0.4, 0.5) is 0 Å². The summed E-state index contributed by atoms with van der Waals surface area (Å²) in [4.78, 5) is 11.4. The predicted molar refractivity (Wildman–Crippen MR) is 79.3 cm³/mol. The largest absolute Gasteiger partial charge is 0.388 e. The van der Waals surface area contributed by atoms with E-state index in [4.69, 9.17) is 18.9 Å². The molecule has 0 aromatic heterocycles. The molecule has 2 saturated heterocycles. The van der Waals surface area contributed by atoms with Crippen LogP contribution in [-0.2, 0) is 23.7 Å². The van der Waals surface area contributed by atoms with Gasteiger partial charge in [0.05, 0.1) is 6.61 Å². The number of carbonyl (C=O) groups is 1. The van der Waals surface area contributed by atoms with E-state index in [1.165, 1.54) is 14.0 Å². The van der Waals surface area contributed by atoms with Crippen LogP contribution in [0.5, 0.6) is 0 Å². The molecule has 0 bridgehead atoms. The second-order valence-corrected chi connectivity index (χ2v) is 5.67. The molecule has 7 nitrogen and oxygen atoms in total. The second kappa shape index (κ2) is 6.94. The molecule has 2 fully saturated rings. The lowest BCUT2D eigenvalue weighted by Crippen LogP contribution is -2.66.